The fourth-order valence-corrected chi connectivity index (χ4v) is 4.48. The lowest BCUT2D eigenvalue weighted by molar-refractivity contribution is 0.122. The van der Waals surface area contributed by atoms with Crippen molar-refractivity contribution in [2.45, 2.75) is 37.8 Å². The summed E-state index contributed by atoms with van der Waals surface area (Å²) in [5.74, 6) is 0.578. The molecule has 1 aliphatic rings. The molecular weight excluding hydrogens is 356 g/mol. The minimum atomic E-state index is -3.19. The van der Waals surface area contributed by atoms with Gasteiger partial charge in [0, 0.05) is 44.2 Å². The Kier molecular flexibility index (Phi) is 6.22. The molecule has 27 heavy (non-hydrogen) atoms. The van der Waals surface area contributed by atoms with Crippen molar-refractivity contribution in [2.75, 3.05) is 30.8 Å². The lowest BCUT2D eigenvalue weighted by Crippen LogP contribution is -2.55. The lowest BCUT2D eigenvalue weighted by atomic mass is 9.94. The molecule has 5 heteroatoms. The Bertz CT molecular complexity index is 852. The maximum Gasteiger partial charge on any atom is 0.175 e. The second-order valence-electron chi connectivity index (χ2n) is 7.62. The Labute approximate surface area is 163 Å². The van der Waals surface area contributed by atoms with Gasteiger partial charge in [-0.25, -0.2) is 8.42 Å². The molecule has 1 fully saturated rings. The van der Waals surface area contributed by atoms with Gasteiger partial charge in [0.2, 0.25) is 0 Å². The number of hydrogen-bond donors (Lipinski definition) is 0. The maximum absolute atomic E-state index is 11.9. The molecule has 0 bridgehead atoms. The summed E-state index contributed by atoms with van der Waals surface area (Å²) in [6, 6.07) is 18.4. The second-order valence-corrected chi connectivity index (χ2v) is 9.64. The Morgan fingerprint density at radius 2 is 1.81 bits per heavy atom. The highest BCUT2D eigenvalue weighted by Gasteiger charge is 2.30. The fraction of sp³-hybridized carbons (Fsp3) is 0.455. The van der Waals surface area contributed by atoms with Crippen LogP contribution in [-0.4, -0.2) is 45.2 Å². The first kappa shape index (κ1) is 19.9. The number of nitrogens with zero attached hydrogens (tertiary/aromatic N) is 2. The van der Waals surface area contributed by atoms with E-state index in [4.69, 9.17) is 0 Å². The van der Waals surface area contributed by atoms with Crippen LogP contribution in [0.2, 0.25) is 0 Å². The lowest BCUT2D eigenvalue weighted by Gasteiger charge is -2.45. The number of sulfone groups is 1. The van der Waals surface area contributed by atoms with E-state index in [0.717, 1.165) is 38.3 Å². The van der Waals surface area contributed by atoms with Crippen molar-refractivity contribution in [3.05, 3.63) is 60.2 Å². The molecule has 2 atom stereocenters. The van der Waals surface area contributed by atoms with Crippen molar-refractivity contribution >= 4 is 15.5 Å². The molecule has 3 rings (SSSR count). The predicted octanol–water partition coefficient (Wildman–Crippen LogP) is 3.83. The standard InChI is InChI=1S/C22H30N2O2S/c1-4-18(2)22-17-23(20-11-8-12-21(15-20)27(3,25)26)13-14-24(22)16-19-9-6-5-7-10-19/h5-12,15,18,22H,4,13-14,16-17H2,1-3H3/t18?,22-/m0/s1. The Morgan fingerprint density at radius 3 is 2.48 bits per heavy atom. The molecule has 0 amide bonds. The molecule has 0 N–H and O–H groups in total. The van der Waals surface area contributed by atoms with Gasteiger partial charge in [0.1, 0.15) is 0 Å². The summed E-state index contributed by atoms with van der Waals surface area (Å²) in [5.41, 5.74) is 2.35. The minimum Gasteiger partial charge on any atom is -0.369 e. The van der Waals surface area contributed by atoms with Crippen LogP contribution in [0, 0.1) is 5.92 Å². The van der Waals surface area contributed by atoms with E-state index in [9.17, 15) is 8.42 Å². The minimum absolute atomic E-state index is 0.395. The van der Waals surface area contributed by atoms with E-state index in [1.807, 2.05) is 18.2 Å². The number of piperazine rings is 1. The largest absolute Gasteiger partial charge is 0.369 e. The van der Waals surface area contributed by atoms with Crippen LogP contribution in [0.15, 0.2) is 59.5 Å². The molecule has 1 heterocycles. The van der Waals surface area contributed by atoms with Crippen LogP contribution in [0.5, 0.6) is 0 Å². The molecule has 1 unspecified atom stereocenters. The molecule has 0 aromatic heterocycles. The molecule has 0 aliphatic carbocycles. The third-order valence-corrected chi connectivity index (χ3v) is 6.78. The Hall–Kier alpha value is -1.85. The molecular formula is C22H30N2O2S. The first-order valence-electron chi connectivity index (χ1n) is 9.71. The number of rotatable bonds is 6. The van der Waals surface area contributed by atoms with E-state index >= 15 is 0 Å². The van der Waals surface area contributed by atoms with Crippen LogP contribution >= 0.6 is 0 Å². The Morgan fingerprint density at radius 1 is 1.07 bits per heavy atom. The number of anilines is 1. The third-order valence-electron chi connectivity index (χ3n) is 5.67. The highest BCUT2D eigenvalue weighted by atomic mass is 32.2. The molecule has 146 valence electrons. The SMILES string of the molecule is CCC(C)[C@@H]1CN(c2cccc(S(C)(=O)=O)c2)CCN1Cc1ccccc1. The molecule has 2 aromatic carbocycles. The summed E-state index contributed by atoms with van der Waals surface area (Å²) in [7, 11) is -3.19. The van der Waals surface area contributed by atoms with Crippen molar-refractivity contribution in [2.24, 2.45) is 5.92 Å². The van der Waals surface area contributed by atoms with E-state index in [1.54, 1.807) is 6.07 Å². The molecule has 1 aliphatic heterocycles. The molecule has 0 spiro atoms. The van der Waals surface area contributed by atoms with Gasteiger partial charge in [0.05, 0.1) is 4.90 Å². The van der Waals surface area contributed by atoms with E-state index in [2.05, 4.69) is 54.0 Å². The highest BCUT2D eigenvalue weighted by Crippen LogP contribution is 2.27. The van der Waals surface area contributed by atoms with Crippen LogP contribution < -0.4 is 4.90 Å². The molecule has 0 radical (unpaired) electrons. The van der Waals surface area contributed by atoms with Gasteiger partial charge in [-0.15, -0.1) is 0 Å². The average molecular weight is 387 g/mol. The van der Waals surface area contributed by atoms with Gasteiger partial charge in [-0.2, -0.15) is 0 Å². The van der Waals surface area contributed by atoms with Gasteiger partial charge >= 0.3 is 0 Å². The summed E-state index contributed by atoms with van der Waals surface area (Å²) in [6.07, 6.45) is 2.40. The highest BCUT2D eigenvalue weighted by molar-refractivity contribution is 7.90. The number of hydrogen-bond acceptors (Lipinski definition) is 4. The van der Waals surface area contributed by atoms with Gasteiger partial charge in [-0.05, 0) is 29.7 Å². The summed E-state index contributed by atoms with van der Waals surface area (Å²) in [6.45, 7) is 8.34. The van der Waals surface area contributed by atoms with Crippen molar-refractivity contribution < 1.29 is 8.42 Å². The summed E-state index contributed by atoms with van der Waals surface area (Å²) >= 11 is 0. The molecule has 4 nitrogen and oxygen atoms in total. The van der Waals surface area contributed by atoms with E-state index < -0.39 is 9.84 Å². The van der Waals surface area contributed by atoms with Crippen molar-refractivity contribution in [1.29, 1.82) is 0 Å². The third kappa shape index (κ3) is 4.90. The molecule has 1 saturated heterocycles. The monoisotopic (exact) mass is 386 g/mol. The quantitative estimate of drug-likeness (QED) is 0.757. The van der Waals surface area contributed by atoms with Gasteiger partial charge in [0.15, 0.2) is 9.84 Å². The van der Waals surface area contributed by atoms with Crippen LogP contribution in [0.3, 0.4) is 0 Å². The van der Waals surface area contributed by atoms with Crippen molar-refractivity contribution in [3.63, 3.8) is 0 Å². The maximum atomic E-state index is 11.9. The Balaban J connectivity index is 1.80. The van der Waals surface area contributed by atoms with Crippen LogP contribution in [0.4, 0.5) is 5.69 Å². The summed E-state index contributed by atoms with van der Waals surface area (Å²) < 4.78 is 23.8. The zero-order chi connectivity index (χ0) is 19.4. The van der Waals surface area contributed by atoms with Crippen LogP contribution in [0.1, 0.15) is 25.8 Å². The predicted molar refractivity (Wildman–Crippen MR) is 112 cm³/mol. The first-order chi connectivity index (χ1) is 12.9. The van der Waals surface area contributed by atoms with E-state index in [1.165, 1.54) is 11.8 Å². The normalized spacial score (nSPS) is 19.8. The molecule has 2 aromatic rings. The summed E-state index contributed by atoms with van der Waals surface area (Å²) in [5, 5.41) is 0. The smallest absolute Gasteiger partial charge is 0.175 e. The van der Waals surface area contributed by atoms with Crippen molar-refractivity contribution in [1.82, 2.24) is 4.90 Å². The zero-order valence-corrected chi connectivity index (χ0v) is 17.3. The fourth-order valence-electron chi connectivity index (χ4n) is 3.82. The van der Waals surface area contributed by atoms with Gasteiger partial charge in [0.25, 0.3) is 0 Å². The van der Waals surface area contributed by atoms with E-state index in [-0.39, 0.29) is 0 Å². The van der Waals surface area contributed by atoms with Crippen LogP contribution in [0.25, 0.3) is 0 Å². The number of benzene rings is 2. The topological polar surface area (TPSA) is 40.6 Å². The van der Waals surface area contributed by atoms with E-state index in [0.29, 0.717) is 16.9 Å². The average Bonchev–Trinajstić information content (AvgIpc) is 2.68. The van der Waals surface area contributed by atoms with Gasteiger partial charge in [-0.3, -0.25) is 4.90 Å². The molecule has 0 saturated carbocycles. The van der Waals surface area contributed by atoms with Gasteiger partial charge in [-0.1, -0.05) is 56.7 Å². The first-order valence-corrected chi connectivity index (χ1v) is 11.6. The van der Waals surface area contributed by atoms with Gasteiger partial charge < -0.3 is 4.90 Å². The zero-order valence-electron chi connectivity index (χ0n) is 16.5. The van der Waals surface area contributed by atoms with Crippen molar-refractivity contribution in [3.8, 4) is 0 Å². The second kappa shape index (κ2) is 8.44. The summed E-state index contributed by atoms with van der Waals surface area (Å²) in [4.78, 5) is 5.32. The van der Waals surface area contributed by atoms with Crippen LogP contribution in [-0.2, 0) is 16.4 Å².